The molecule has 1 heterocycles. The fourth-order valence-corrected chi connectivity index (χ4v) is 1.74. The Bertz CT molecular complexity index is 269. The van der Waals surface area contributed by atoms with Gasteiger partial charge in [0, 0.05) is 4.88 Å². The van der Waals surface area contributed by atoms with E-state index >= 15 is 0 Å². The van der Waals surface area contributed by atoms with Crippen LogP contribution in [0.5, 0.6) is 0 Å². The number of aliphatic carboxylic acids is 1. The fraction of sp³-hybridized carbons (Fsp3) is 0.286. The minimum Gasteiger partial charge on any atom is -0.480 e. The lowest BCUT2D eigenvalue weighted by molar-refractivity contribution is -0.138. The van der Waals surface area contributed by atoms with E-state index in [0.717, 1.165) is 10.4 Å². The Kier molecular flexibility index (Phi) is 2.26. The van der Waals surface area contributed by atoms with Gasteiger partial charge in [-0.05, 0) is 23.9 Å². The lowest BCUT2D eigenvalue weighted by atomic mass is 10.2. The molecule has 60 valence electrons. The maximum absolute atomic E-state index is 10.4. The van der Waals surface area contributed by atoms with E-state index < -0.39 is 12.0 Å². The molecule has 3 nitrogen and oxygen atoms in total. The van der Waals surface area contributed by atoms with E-state index in [1.807, 2.05) is 18.4 Å². The van der Waals surface area contributed by atoms with Crippen LogP contribution in [-0.2, 0) is 4.79 Å². The maximum atomic E-state index is 10.4. The molecule has 1 aromatic rings. The average molecular weight is 171 g/mol. The molecule has 0 saturated heterocycles. The van der Waals surface area contributed by atoms with Gasteiger partial charge >= 0.3 is 5.97 Å². The summed E-state index contributed by atoms with van der Waals surface area (Å²) >= 11 is 1.38. The third kappa shape index (κ3) is 1.58. The van der Waals surface area contributed by atoms with E-state index in [1.165, 1.54) is 11.3 Å². The lowest BCUT2D eigenvalue weighted by Crippen LogP contribution is -2.20. The van der Waals surface area contributed by atoms with Gasteiger partial charge in [0.2, 0.25) is 0 Å². The van der Waals surface area contributed by atoms with E-state index in [0.29, 0.717) is 0 Å². The SMILES string of the molecule is Cc1ccsc1[C@H](N)C(=O)O. The smallest absolute Gasteiger partial charge is 0.325 e. The third-order valence-corrected chi connectivity index (χ3v) is 2.55. The normalized spacial score (nSPS) is 12.9. The van der Waals surface area contributed by atoms with E-state index in [4.69, 9.17) is 10.8 Å². The number of hydrogen-bond acceptors (Lipinski definition) is 3. The standard InChI is InChI=1S/C7H9NO2S/c1-4-2-3-11-6(4)5(8)7(9)10/h2-3,5H,8H2,1H3,(H,9,10)/t5-/m0/s1. The van der Waals surface area contributed by atoms with Gasteiger partial charge in [0.15, 0.2) is 0 Å². The van der Waals surface area contributed by atoms with Crippen LogP contribution in [0.15, 0.2) is 11.4 Å². The second-order valence-electron chi connectivity index (χ2n) is 2.28. The number of hydrogen-bond donors (Lipinski definition) is 2. The molecule has 0 aliphatic rings. The first kappa shape index (κ1) is 8.23. The third-order valence-electron chi connectivity index (χ3n) is 1.45. The number of carboxylic acids is 1. The molecule has 0 radical (unpaired) electrons. The van der Waals surface area contributed by atoms with Gasteiger partial charge in [-0.1, -0.05) is 0 Å². The highest BCUT2D eigenvalue weighted by atomic mass is 32.1. The molecule has 0 amide bonds. The van der Waals surface area contributed by atoms with Crippen molar-refractivity contribution in [1.29, 1.82) is 0 Å². The van der Waals surface area contributed by atoms with Crippen LogP contribution >= 0.6 is 11.3 Å². The van der Waals surface area contributed by atoms with Crippen molar-refractivity contribution in [3.8, 4) is 0 Å². The highest BCUT2D eigenvalue weighted by molar-refractivity contribution is 7.10. The quantitative estimate of drug-likeness (QED) is 0.701. The molecule has 0 aliphatic carbocycles. The van der Waals surface area contributed by atoms with Crippen molar-refractivity contribution in [3.05, 3.63) is 21.9 Å². The molecule has 0 unspecified atom stereocenters. The highest BCUT2D eigenvalue weighted by Gasteiger charge is 2.16. The number of thiophene rings is 1. The van der Waals surface area contributed by atoms with Crippen LogP contribution in [0.1, 0.15) is 16.5 Å². The predicted octanol–water partition coefficient (Wildman–Crippen LogP) is 1.14. The Morgan fingerprint density at radius 2 is 2.45 bits per heavy atom. The van der Waals surface area contributed by atoms with Crippen molar-refractivity contribution < 1.29 is 9.90 Å². The molecule has 11 heavy (non-hydrogen) atoms. The number of carboxylic acid groups (broad SMARTS) is 1. The highest BCUT2D eigenvalue weighted by Crippen LogP contribution is 2.21. The summed E-state index contributed by atoms with van der Waals surface area (Å²) < 4.78 is 0. The Hall–Kier alpha value is -0.870. The van der Waals surface area contributed by atoms with Crippen LogP contribution in [-0.4, -0.2) is 11.1 Å². The van der Waals surface area contributed by atoms with Crippen LogP contribution in [0.4, 0.5) is 0 Å². The summed E-state index contributed by atoms with van der Waals surface area (Å²) in [6.45, 7) is 1.86. The van der Waals surface area contributed by atoms with E-state index in [-0.39, 0.29) is 0 Å². The van der Waals surface area contributed by atoms with Gasteiger partial charge in [0.05, 0.1) is 0 Å². The zero-order valence-corrected chi connectivity index (χ0v) is 6.89. The van der Waals surface area contributed by atoms with Gasteiger partial charge < -0.3 is 10.8 Å². The first-order valence-electron chi connectivity index (χ1n) is 3.15. The number of aryl methyl sites for hydroxylation is 1. The molecule has 0 bridgehead atoms. The van der Waals surface area contributed by atoms with Crippen LogP contribution < -0.4 is 5.73 Å². The predicted molar refractivity (Wildman–Crippen MR) is 43.6 cm³/mol. The summed E-state index contributed by atoms with van der Waals surface area (Å²) in [4.78, 5) is 11.2. The molecule has 0 fully saturated rings. The molecule has 3 N–H and O–H groups in total. The van der Waals surface area contributed by atoms with Gasteiger partial charge in [0.1, 0.15) is 6.04 Å². The first-order chi connectivity index (χ1) is 5.13. The fourth-order valence-electron chi connectivity index (χ4n) is 0.815. The molecule has 1 rings (SSSR count). The van der Waals surface area contributed by atoms with E-state index in [2.05, 4.69) is 0 Å². The van der Waals surface area contributed by atoms with Crippen molar-refractivity contribution in [1.82, 2.24) is 0 Å². The van der Waals surface area contributed by atoms with Crippen molar-refractivity contribution in [2.75, 3.05) is 0 Å². The number of rotatable bonds is 2. The van der Waals surface area contributed by atoms with Gasteiger partial charge in [-0.15, -0.1) is 11.3 Å². The van der Waals surface area contributed by atoms with Crippen LogP contribution in [0.2, 0.25) is 0 Å². The topological polar surface area (TPSA) is 63.3 Å². The monoisotopic (exact) mass is 171 g/mol. The summed E-state index contributed by atoms with van der Waals surface area (Å²) in [7, 11) is 0. The summed E-state index contributed by atoms with van der Waals surface area (Å²) in [5.74, 6) is -0.976. The van der Waals surface area contributed by atoms with E-state index in [9.17, 15) is 4.79 Å². The minimum atomic E-state index is -0.976. The Morgan fingerprint density at radius 3 is 2.82 bits per heavy atom. The second kappa shape index (κ2) is 3.02. The number of carbonyl (C=O) groups is 1. The van der Waals surface area contributed by atoms with Crippen LogP contribution in [0, 0.1) is 6.92 Å². The first-order valence-corrected chi connectivity index (χ1v) is 4.03. The zero-order valence-electron chi connectivity index (χ0n) is 6.07. The number of nitrogens with two attached hydrogens (primary N) is 1. The summed E-state index contributed by atoms with van der Waals surface area (Å²) in [5.41, 5.74) is 6.34. The Labute approximate surface area is 68.5 Å². The minimum absolute atomic E-state index is 0.734. The second-order valence-corrected chi connectivity index (χ2v) is 3.23. The lowest BCUT2D eigenvalue weighted by Gasteiger charge is -2.03. The van der Waals surface area contributed by atoms with Gasteiger partial charge in [0.25, 0.3) is 0 Å². The Morgan fingerprint density at radius 1 is 1.82 bits per heavy atom. The van der Waals surface area contributed by atoms with Crippen molar-refractivity contribution in [2.24, 2.45) is 5.73 Å². The molecule has 1 atom stereocenters. The van der Waals surface area contributed by atoms with Gasteiger partial charge in [-0.2, -0.15) is 0 Å². The average Bonchev–Trinajstić information content (AvgIpc) is 2.33. The van der Waals surface area contributed by atoms with E-state index in [1.54, 1.807) is 0 Å². The molecule has 4 heteroatoms. The largest absolute Gasteiger partial charge is 0.480 e. The zero-order chi connectivity index (χ0) is 8.43. The van der Waals surface area contributed by atoms with Gasteiger partial charge in [-0.25, -0.2) is 0 Å². The molecular formula is C7H9NO2S. The molecule has 0 aromatic carbocycles. The van der Waals surface area contributed by atoms with Crippen molar-refractivity contribution in [3.63, 3.8) is 0 Å². The van der Waals surface area contributed by atoms with Crippen molar-refractivity contribution >= 4 is 17.3 Å². The summed E-state index contributed by atoms with van der Waals surface area (Å²) in [6, 6.07) is 0.998. The summed E-state index contributed by atoms with van der Waals surface area (Å²) in [5, 5.41) is 10.4. The van der Waals surface area contributed by atoms with Gasteiger partial charge in [-0.3, -0.25) is 4.79 Å². The summed E-state index contributed by atoms with van der Waals surface area (Å²) in [6.07, 6.45) is 0. The van der Waals surface area contributed by atoms with Crippen molar-refractivity contribution in [2.45, 2.75) is 13.0 Å². The molecule has 0 aliphatic heterocycles. The Balaban J connectivity index is 2.92. The molecule has 0 saturated carbocycles. The maximum Gasteiger partial charge on any atom is 0.325 e. The molecule has 0 spiro atoms. The van der Waals surface area contributed by atoms with Crippen LogP contribution in [0.3, 0.4) is 0 Å². The molecular weight excluding hydrogens is 162 g/mol. The van der Waals surface area contributed by atoms with Crippen LogP contribution in [0.25, 0.3) is 0 Å². The molecule has 1 aromatic heterocycles.